The Bertz CT molecular complexity index is 710. The molecule has 0 aliphatic heterocycles. The van der Waals surface area contributed by atoms with Gasteiger partial charge in [-0.25, -0.2) is 9.48 Å². The van der Waals surface area contributed by atoms with E-state index in [9.17, 15) is 4.79 Å². The summed E-state index contributed by atoms with van der Waals surface area (Å²) in [5.74, 6) is -0.363. The molecule has 2 aromatic rings. The van der Waals surface area contributed by atoms with E-state index in [0.29, 0.717) is 17.7 Å². The van der Waals surface area contributed by atoms with Gasteiger partial charge in [-0.05, 0) is 32.4 Å². The maximum absolute atomic E-state index is 12.3. The quantitative estimate of drug-likeness (QED) is 0.628. The van der Waals surface area contributed by atoms with Crippen molar-refractivity contribution in [1.82, 2.24) is 9.78 Å². The number of alkyl halides is 2. The van der Waals surface area contributed by atoms with Gasteiger partial charge in [0.2, 0.25) is 0 Å². The highest BCUT2D eigenvalue weighted by Crippen LogP contribution is 2.53. The molecule has 0 saturated heterocycles. The first-order chi connectivity index (χ1) is 10.4. The highest BCUT2D eigenvalue weighted by Gasteiger charge is 2.52. The summed E-state index contributed by atoms with van der Waals surface area (Å²) in [6, 6.07) is 9.67. The summed E-state index contributed by atoms with van der Waals surface area (Å²) in [4.78, 5) is 12.3. The summed E-state index contributed by atoms with van der Waals surface area (Å²) in [6.07, 6.45) is 0.657. The first-order valence-electron chi connectivity index (χ1n) is 7.07. The molecule has 0 bridgehead atoms. The van der Waals surface area contributed by atoms with Gasteiger partial charge in [-0.2, -0.15) is 5.10 Å². The van der Waals surface area contributed by atoms with E-state index in [1.54, 1.807) is 11.6 Å². The zero-order valence-electron chi connectivity index (χ0n) is 12.3. The fourth-order valence-corrected chi connectivity index (χ4v) is 2.96. The molecule has 22 heavy (non-hydrogen) atoms. The molecule has 0 amide bonds. The largest absolute Gasteiger partial charge is 0.462 e. The Morgan fingerprint density at radius 3 is 2.59 bits per heavy atom. The molecule has 1 atom stereocenters. The van der Waals surface area contributed by atoms with Gasteiger partial charge in [0.05, 0.1) is 23.7 Å². The van der Waals surface area contributed by atoms with E-state index in [4.69, 9.17) is 27.9 Å². The number of hydrogen-bond donors (Lipinski definition) is 0. The standard InChI is InChI=1S/C16H16Cl2N2O2/c1-10-14(15(21)22-9-12-8-16(12,17)18)11(2)20(19-10)13-6-4-3-5-7-13/h3-7,12H,8-9H2,1-2H3/t12-/m1/s1. The zero-order valence-corrected chi connectivity index (χ0v) is 13.9. The van der Waals surface area contributed by atoms with Crippen LogP contribution in [0, 0.1) is 19.8 Å². The second kappa shape index (κ2) is 5.60. The Morgan fingerprint density at radius 2 is 2.00 bits per heavy atom. The molecule has 1 aromatic heterocycles. The lowest BCUT2D eigenvalue weighted by Gasteiger charge is -2.06. The number of esters is 1. The smallest absolute Gasteiger partial charge is 0.341 e. The number of aryl methyl sites for hydroxylation is 1. The summed E-state index contributed by atoms with van der Waals surface area (Å²) >= 11 is 11.9. The van der Waals surface area contributed by atoms with Gasteiger partial charge in [-0.1, -0.05) is 18.2 Å². The number of nitrogens with zero attached hydrogens (tertiary/aromatic N) is 2. The van der Waals surface area contributed by atoms with Crippen LogP contribution in [0.4, 0.5) is 0 Å². The van der Waals surface area contributed by atoms with Gasteiger partial charge in [0.15, 0.2) is 0 Å². The van der Waals surface area contributed by atoms with Crippen molar-refractivity contribution >= 4 is 29.2 Å². The van der Waals surface area contributed by atoms with Crippen molar-refractivity contribution in [3.63, 3.8) is 0 Å². The molecule has 0 spiro atoms. The molecule has 1 aliphatic rings. The predicted molar refractivity (Wildman–Crippen MR) is 85.9 cm³/mol. The number of benzene rings is 1. The van der Waals surface area contributed by atoms with E-state index in [1.807, 2.05) is 37.3 Å². The molecule has 1 aliphatic carbocycles. The zero-order chi connectivity index (χ0) is 15.9. The summed E-state index contributed by atoms with van der Waals surface area (Å²) in [7, 11) is 0. The van der Waals surface area contributed by atoms with Crippen LogP contribution >= 0.6 is 23.2 Å². The van der Waals surface area contributed by atoms with E-state index in [2.05, 4.69) is 5.10 Å². The van der Waals surface area contributed by atoms with E-state index >= 15 is 0 Å². The fraction of sp³-hybridized carbons (Fsp3) is 0.375. The molecule has 116 valence electrons. The second-order valence-electron chi connectivity index (χ2n) is 5.55. The molecule has 1 heterocycles. The van der Waals surface area contributed by atoms with Gasteiger partial charge in [-0.3, -0.25) is 0 Å². The minimum absolute atomic E-state index is 0.0181. The van der Waals surface area contributed by atoms with Crippen LogP contribution in [0.2, 0.25) is 0 Å². The number of halogens is 2. The number of ether oxygens (including phenoxy) is 1. The van der Waals surface area contributed by atoms with Crippen molar-refractivity contribution in [2.24, 2.45) is 5.92 Å². The second-order valence-corrected chi connectivity index (χ2v) is 7.10. The average Bonchev–Trinajstić information content (AvgIpc) is 2.98. The van der Waals surface area contributed by atoms with Crippen LogP contribution in [0.5, 0.6) is 0 Å². The summed E-state index contributed by atoms with van der Waals surface area (Å²) in [5.41, 5.74) is 2.81. The van der Waals surface area contributed by atoms with Crippen LogP contribution in [-0.4, -0.2) is 26.7 Å². The minimum atomic E-state index is -0.738. The molecule has 6 heteroatoms. The van der Waals surface area contributed by atoms with Crippen LogP contribution < -0.4 is 0 Å². The molecule has 4 nitrogen and oxygen atoms in total. The van der Waals surface area contributed by atoms with Crippen molar-refractivity contribution in [2.45, 2.75) is 24.6 Å². The van der Waals surface area contributed by atoms with Gasteiger partial charge >= 0.3 is 5.97 Å². The molecular weight excluding hydrogens is 323 g/mol. The number of carbonyl (C=O) groups excluding carboxylic acids is 1. The Hall–Kier alpha value is -1.52. The number of rotatable bonds is 4. The van der Waals surface area contributed by atoms with Crippen molar-refractivity contribution in [1.29, 1.82) is 0 Å². The van der Waals surface area contributed by atoms with Gasteiger partial charge < -0.3 is 4.74 Å². The lowest BCUT2D eigenvalue weighted by atomic mass is 10.2. The molecule has 0 unspecified atom stereocenters. The maximum Gasteiger partial charge on any atom is 0.341 e. The first kappa shape index (κ1) is 15.4. The summed E-state index contributed by atoms with van der Waals surface area (Å²) < 4.78 is 6.35. The van der Waals surface area contributed by atoms with Crippen molar-refractivity contribution in [3.8, 4) is 5.69 Å². The third-order valence-corrected chi connectivity index (χ3v) is 4.79. The number of aromatic nitrogens is 2. The third kappa shape index (κ3) is 2.85. The Morgan fingerprint density at radius 1 is 1.36 bits per heavy atom. The van der Waals surface area contributed by atoms with Gasteiger partial charge in [0.1, 0.15) is 9.90 Å². The van der Waals surface area contributed by atoms with Crippen molar-refractivity contribution in [2.75, 3.05) is 6.61 Å². The summed E-state index contributed by atoms with van der Waals surface area (Å²) in [6.45, 7) is 3.89. The van der Waals surface area contributed by atoms with Crippen LogP contribution in [0.25, 0.3) is 5.69 Å². The Labute approximate surface area is 139 Å². The first-order valence-corrected chi connectivity index (χ1v) is 7.82. The molecule has 3 rings (SSSR count). The van der Waals surface area contributed by atoms with Gasteiger partial charge in [0.25, 0.3) is 0 Å². The van der Waals surface area contributed by atoms with Gasteiger partial charge in [0, 0.05) is 5.92 Å². The van der Waals surface area contributed by atoms with Crippen LogP contribution in [-0.2, 0) is 4.74 Å². The maximum atomic E-state index is 12.3. The lowest BCUT2D eigenvalue weighted by Crippen LogP contribution is -2.11. The predicted octanol–water partition coefficient (Wildman–Crippen LogP) is 3.84. The third-order valence-electron chi connectivity index (χ3n) is 3.87. The van der Waals surface area contributed by atoms with E-state index < -0.39 is 4.33 Å². The summed E-state index contributed by atoms with van der Waals surface area (Å²) in [5, 5.41) is 4.44. The van der Waals surface area contributed by atoms with Crippen LogP contribution in [0.15, 0.2) is 30.3 Å². The van der Waals surface area contributed by atoms with E-state index in [0.717, 1.165) is 11.4 Å². The number of carbonyl (C=O) groups is 1. The minimum Gasteiger partial charge on any atom is -0.462 e. The average molecular weight is 339 g/mol. The highest BCUT2D eigenvalue weighted by atomic mass is 35.5. The molecule has 1 saturated carbocycles. The highest BCUT2D eigenvalue weighted by molar-refractivity contribution is 6.50. The van der Waals surface area contributed by atoms with E-state index in [-0.39, 0.29) is 18.5 Å². The molecule has 1 fully saturated rings. The molecule has 1 aromatic carbocycles. The topological polar surface area (TPSA) is 44.1 Å². The monoisotopic (exact) mass is 338 g/mol. The Balaban J connectivity index is 1.79. The molecular formula is C16H16Cl2N2O2. The normalized spacial score (nSPS) is 19.0. The van der Waals surface area contributed by atoms with Crippen molar-refractivity contribution in [3.05, 3.63) is 47.3 Å². The van der Waals surface area contributed by atoms with Gasteiger partial charge in [-0.15, -0.1) is 23.2 Å². The van der Waals surface area contributed by atoms with Crippen LogP contribution in [0.1, 0.15) is 28.2 Å². The van der Waals surface area contributed by atoms with E-state index in [1.165, 1.54) is 0 Å². The number of hydrogen-bond acceptors (Lipinski definition) is 3. The fourth-order valence-electron chi connectivity index (χ4n) is 2.46. The molecule has 0 N–H and O–H groups in total. The van der Waals surface area contributed by atoms with Crippen LogP contribution in [0.3, 0.4) is 0 Å². The Kier molecular flexibility index (Phi) is 3.91. The van der Waals surface area contributed by atoms with Crippen molar-refractivity contribution < 1.29 is 9.53 Å². The SMILES string of the molecule is Cc1nn(-c2ccccc2)c(C)c1C(=O)OC[C@H]1CC1(Cl)Cl. The molecule has 0 radical (unpaired) electrons. The lowest BCUT2D eigenvalue weighted by molar-refractivity contribution is 0.0483. The number of para-hydroxylation sites is 1.